The lowest BCUT2D eigenvalue weighted by Gasteiger charge is -2.10. The maximum absolute atomic E-state index is 3.61. The lowest BCUT2D eigenvalue weighted by Crippen LogP contribution is -2.67. The van der Waals surface area contributed by atoms with Gasteiger partial charge >= 0.3 is 0 Å². The number of para-hydroxylation sites is 2. The van der Waals surface area contributed by atoms with E-state index in [1.54, 1.807) is 0 Å². The fourth-order valence-corrected chi connectivity index (χ4v) is 5.69. The van der Waals surface area contributed by atoms with Gasteiger partial charge in [-0.3, -0.25) is 0 Å². The summed E-state index contributed by atoms with van der Waals surface area (Å²) in [6.45, 7) is 8.01. The van der Waals surface area contributed by atoms with Crippen molar-refractivity contribution in [3.05, 3.63) is 120 Å². The molecule has 4 nitrogen and oxygen atoms in total. The van der Waals surface area contributed by atoms with Crippen LogP contribution in [-0.4, -0.2) is 37.4 Å². The van der Waals surface area contributed by atoms with Crippen molar-refractivity contribution >= 4 is 57.4 Å². The minimum absolute atomic E-state index is 0.930. The van der Waals surface area contributed by atoms with E-state index in [-0.39, 0.29) is 0 Å². The first-order chi connectivity index (χ1) is 19.8. The molecule has 40 heavy (non-hydrogen) atoms. The molecule has 0 spiro atoms. The van der Waals surface area contributed by atoms with Crippen LogP contribution in [0, 0.1) is 0 Å². The van der Waals surface area contributed by atoms with Gasteiger partial charge in [0.05, 0.1) is 0 Å². The summed E-state index contributed by atoms with van der Waals surface area (Å²) in [6.07, 6.45) is 20.8. The van der Waals surface area contributed by atoms with Gasteiger partial charge < -0.3 is 10.6 Å². The fourth-order valence-electron chi connectivity index (χ4n) is 3.88. The van der Waals surface area contributed by atoms with Crippen LogP contribution in [0.5, 0.6) is 0 Å². The summed E-state index contributed by atoms with van der Waals surface area (Å²) in [6, 6.07) is 23.3. The third-order valence-corrected chi connectivity index (χ3v) is 8.30. The van der Waals surface area contributed by atoms with Crippen LogP contribution in [0.4, 0.5) is 11.4 Å². The highest BCUT2D eigenvalue weighted by atomic mass is 33.1. The lowest BCUT2D eigenvalue weighted by molar-refractivity contribution is -0.695. The average molecular weight is 571 g/mol. The highest BCUT2D eigenvalue weighted by Crippen LogP contribution is 2.23. The zero-order valence-electron chi connectivity index (χ0n) is 23.6. The Morgan fingerprint density at radius 3 is 1.95 bits per heavy atom. The summed E-state index contributed by atoms with van der Waals surface area (Å²) in [4.78, 5) is 3.15. The molecule has 3 N–H and O–H groups in total. The molecule has 3 rings (SSSR count). The molecule has 208 valence electrons. The average Bonchev–Trinajstić information content (AvgIpc) is 3.00. The van der Waals surface area contributed by atoms with Crippen LogP contribution in [0.1, 0.15) is 30.7 Å². The van der Waals surface area contributed by atoms with E-state index < -0.39 is 0 Å². The number of aryl methyl sites for hydroxylation is 1. The van der Waals surface area contributed by atoms with Gasteiger partial charge in [0.25, 0.3) is 0 Å². The van der Waals surface area contributed by atoms with Crippen LogP contribution in [0.2, 0.25) is 0 Å². The topological polar surface area (TPSA) is 41.9 Å². The predicted octanol–water partition coefficient (Wildman–Crippen LogP) is 6.37. The summed E-state index contributed by atoms with van der Waals surface area (Å²) >= 11 is 0. The molecule has 1 aromatic heterocycles. The molecule has 6 heteroatoms. The Hall–Kier alpha value is -3.48. The van der Waals surface area contributed by atoms with Crippen molar-refractivity contribution in [3.63, 3.8) is 0 Å². The third kappa shape index (κ3) is 11.7. The zero-order valence-corrected chi connectivity index (χ0v) is 25.3. The Bertz CT molecular complexity index is 1290. The van der Waals surface area contributed by atoms with Crippen molar-refractivity contribution in [1.82, 2.24) is 0 Å². The number of allylic oxidation sites excluding steroid dienone is 5. The summed E-state index contributed by atoms with van der Waals surface area (Å²) in [7, 11) is 3.83. The Balaban J connectivity index is 1.36. The zero-order chi connectivity index (χ0) is 28.1. The molecule has 0 unspecified atom stereocenters. The molecule has 2 aromatic carbocycles. The molecule has 0 saturated heterocycles. The van der Waals surface area contributed by atoms with Crippen molar-refractivity contribution in [2.24, 2.45) is 0 Å². The molecular weight excluding hydrogens is 529 g/mol. The van der Waals surface area contributed by atoms with E-state index in [1.165, 1.54) is 28.2 Å². The monoisotopic (exact) mass is 570 g/mol. The maximum Gasteiger partial charge on any atom is 0.205 e. The smallest absolute Gasteiger partial charge is 0.205 e. The minimum Gasteiger partial charge on any atom is -0.384 e. The van der Waals surface area contributed by atoms with Gasteiger partial charge in [-0.2, -0.15) is 4.57 Å². The maximum atomic E-state index is 3.61. The van der Waals surface area contributed by atoms with Crippen LogP contribution in [0.15, 0.2) is 103 Å². The molecule has 0 atom stereocenters. The molecule has 0 bridgehead atoms. The van der Waals surface area contributed by atoms with Gasteiger partial charge in [-0.15, -0.1) is 0 Å². The number of nitrogens with zero attached hydrogens (tertiary/aromatic N) is 1. The third-order valence-electron chi connectivity index (χ3n) is 5.90. The molecule has 0 aliphatic rings. The number of hydrogen-bond donors (Lipinski definition) is 3. The summed E-state index contributed by atoms with van der Waals surface area (Å²) in [5, 5.41) is 7.20. The Morgan fingerprint density at radius 2 is 1.27 bits per heavy atom. The first-order valence-corrected chi connectivity index (χ1v) is 16.4. The second-order valence-electron chi connectivity index (χ2n) is 8.77. The second kappa shape index (κ2) is 19.6. The van der Waals surface area contributed by atoms with Gasteiger partial charge in [0.2, 0.25) is 5.69 Å². The molecule has 0 fully saturated rings. The van der Waals surface area contributed by atoms with E-state index in [2.05, 4.69) is 131 Å². The summed E-state index contributed by atoms with van der Waals surface area (Å²) in [5.74, 6) is 2.09. The van der Waals surface area contributed by atoms with E-state index in [1.807, 2.05) is 52.1 Å². The summed E-state index contributed by atoms with van der Waals surface area (Å²) < 4.78 is 2.24. The first kappa shape index (κ1) is 31.1. The predicted molar refractivity (Wildman–Crippen MR) is 181 cm³/mol. The molecule has 0 amide bonds. The first-order valence-electron chi connectivity index (χ1n) is 13.9. The number of nitrogens with one attached hydrogen (secondary N) is 3. The van der Waals surface area contributed by atoms with E-state index in [9.17, 15) is 0 Å². The van der Waals surface area contributed by atoms with Crippen molar-refractivity contribution in [1.29, 1.82) is 0 Å². The fraction of sp³-hybridized carbons (Fsp3) is 0.235. The SMILES string of the molecule is CC[NH+]=C\C=C/C=C/C=C/c1ccccc1NCCSSCCNc1ccccc1/C=C/c1cccc[n+]1CC. The Morgan fingerprint density at radius 1 is 0.675 bits per heavy atom. The second-order valence-corrected chi connectivity index (χ2v) is 11.5. The van der Waals surface area contributed by atoms with E-state index in [4.69, 9.17) is 0 Å². The van der Waals surface area contributed by atoms with Gasteiger partial charge in [-0.25, -0.2) is 4.99 Å². The van der Waals surface area contributed by atoms with Crippen molar-refractivity contribution < 1.29 is 9.56 Å². The van der Waals surface area contributed by atoms with Crippen LogP contribution >= 0.6 is 21.6 Å². The van der Waals surface area contributed by atoms with Crippen LogP contribution in [0.3, 0.4) is 0 Å². The van der Waals surface area contributed by atoms with E-state index in [0.29, 0.717) is 0 Å². The van der Waals surface area contributed by atoms with Crippen LogP contribution in [-0.2, 0) is 6.54 Å². The summed E-state index contributed by atoms with van der Waals surface area (Å²) in [5.41, 5.74) is 5.95. The number of rotatable bonds is 17. The normalized spacial score (nSPS) is 12.1. The van der Waals surface area contributed by atoms with E-state index >= 15 is 0 Å². The molecule has 0 radical (unpaired) electrons. The Labute approximate surface area is 248 Å². The van der Waals surface area contributed by atoms with Gasteiger partial charge in [0, 0.05) is 60.3 Å². The molecule has 0 aliphatic heterocycles. The standard InChI is InChI=1S/C34H40N4S2/c1-3-35-24-14-7-5-6-8-16-30-17-9-11-20-33(30)36-25-28-39-40-29-26-37-34-21-12-10-18-31(34)22-23-32-19-13-15-27-38(32)4-2/h5-24,27H,3-4,25-26,28-29H2,1-2H3,(H,35,36)/p+2. The highest BCUT2D eigenvalue weighted by molar-refractivity contribution is 8.76. The van der Waals surface area contributed by atoms with Crippen molar-refractivity contribution in [3.8, 4) is 0 Å². The molecule has 3 aromatic rings. The number of anilines is 2. The largest absolute Gasteiger partial charge is 0.384 e. The molecule has 1 heterocycles. The molecule has 0 aliphatic carbocycles. The number of pyridine rings is 1. The van der Waals surface area contributed by atoms with Crippen LogP contribution in [0.25, 0.3) is 18.2 Å². The number of benzene rings is 2. The van der Waals surface area contributed by atoms with Crippen molar-refractivity contribution in [2.75, 3.05) is 41.8 Å². The van der Waals surface area contributed by atoms with Crippen molar-refractivity contribution in [2.45, 2.75) is 20.4 Å². The lowest BCUT2D eigenvalue weighted by atomic mass is 10.1. The molecule has 0 saturated carbocycles. The van der Waals surface area contributed by atoms with Gasteiger partial charge in [0.15, 0.2) is 12.4 Å². The van der Waals surface area contributed by atoms with Crippen LogP contribution < -0.4 is 20.2 Å². The van der Waals surface area contributed by atoms with Gasteiger partial charge in [-0.05, 0) is 49.2 Å². The minimum atomic E-state index is 0.930. The van der Waals surface area contributed by atoms with Gasteiger partial charge in [0.1, 0.15) is 13.1 Å². The number of aromatic nitrogens is 1. The Kier molecular flexibility index (Phi) is 15.2. The number of hydrogen-bond acceptors (Lipinski definition) is 4. The highest BCUT2D eigenvalue weighted by Gasteiger charge is 2.04. The van der Waals surface area contributed by atoms with Gasteiger partial charge in [-0.1, -0.05) is 88.4 Å². The van der Waals surface area contributed by atoms with E-state index in [0.717, 1.165) is 37.7 Å². The quantitative estimate of drug-likeness (QED) is 0.0580. The molecular formula is C34H42N4S2+2.